The maximum absolute atomic E-state index is 13.5. The summed E-state index contributed by atoms with van der Waals surface area (Å²) >= 11 is 0. The lowest BCUT2D eigenvalue weighted by atomic mass is 10.0. The molecular weight excluding hydrogens is 868 g/mol. The predicted molar refractivity (Wildman–Crippen MR) is 291 cm³/mol. The number of rotatable bonds is 49. The van der Waals surface area contributed by atoms with Crippen LogP contribution in [0.25, 0.3) is 0 Å². The number of carbonyl (C=O) groups is 2. The summed E-state index contributed by atoms with van der Waals surface area (Å²) in [6, 6.07) is -0.872. The minimum atomic E-state index is -4.46. The molecule has 0 radical (unpaired) electrons. The van der Waals surface area contributed by atoms with E-state index in [0.29, 0.717) is 23.9 Å². The molecule has 394 valence electrons. The number of carbonyl (C=O) groups excluding carboxylic acids is 2. The minimum Gasteiger partial charge on any atom is -0.456 e. The second-order valence-corrected chi connectivity index (χ2v) is 21.2. The number of phosphoric acid groups is 1. The molecule has 0 bridgehead atoms. The zero-order valence-corrected chi connectivity index (χ0v) is 45.7. The quantitative estimate of drug-likeness (QED) is 0.0205. The van der Waals surface area contributed by atoms with Crippen molar-refractivity contribution in [3.05, 3.63) is 72.9 Å². The fourth-order valence-electron chi connectivity index (χ4n) is 7.57. The van der Waals surface area contributed by atoms with Crippen molar-refractivity contribution < 1.29 is 37.3 Å². The third-order valence-electron chi connectivity index (χ3n) is 11.9. The van der Waals surface area contributed by atoms with Gasteiger partial charge in [0.1, 0.15) is 19.3 Å². The van der Waals surface area contributed by atoms with E-state index in [1.165, 1.54) is 96.3 Å². The fraction of sp³-hybridized carbons (Fsp3) is 0.759. The van der Waals surface area contributed by atoms with Crippen molar-refractivity contribution in [2.75, 3.05) is 40.9 Å². The number of ether oxygens (including phenoxy) is 1. The molecule has 0 aromatic rings. The molecule has 0 spiro atoms. The first-order chi connectivity index (χ1) is 32.9. The number of esters is 1. The van der Waals surface area contributed by atoms with E-state index in [4.69, 9.17) is 13.8 Å². The van der Waals surface area contributed by atoms with Gasteiger partial charge in [0.15, 0.2) is 0 Å². The van der Waals surface area contributed by atoms with Gasteiger partial charge < -0.3 is 19.4 Å². The molecule has 0 saturated heterocycles. The Labute approximate surface area is 419 Å². The van der Waals surface area contributed by atoms with Crippen LogP contribution in [0.5, 0.6) is 0 Å². The number of unbranched alkanes of at least 4 members (excludes halogenated alkanes) is 23. The molecule has 0 aliphatic heterocycles. The molecule has 2 N–H and O–H groups in total. The third kappa shape index (κ3) is 48.5. The van der Waals surface area contributed by atoms with Gasteiger partial charge in [-0.3, -0.25) is 18.6 Å². The van der Waals surface area contributed by atoms with Crippen LogP contribution < -0.4 is 5.32 Å². The Morgan fingerprint density at radius 1 is 0.529 bits per heavy atom. The zero-order chi connectivity index (χ0) is 50.1. The molecule has 3 unspecified atom stereocenters. The summed E-state index contributed by atoms with van der Waals surface area (Å²) < 4.78 is 30.5. The number of hydrogen-bond donors (Lipinski definition) is 2. The topological polar surface area (TPSA) is 111 Å². The average molecular weight is 974 g/mol. The predicted octanol–water partition coefficient (Wildman–Crippen LogP) is 16.5. The summed E-state index contributed by atoms with van der Waals surface area (Å²) in [5, 5.41) is 3.02. The molecule has 9 nitrogen and oxygen atoms in total. The molecule has 0 rings (SSSR count). The van der Waals surface area contributed by atoms with Gasteiger partial charge in [-0.15, -0.1) is 0 Å². The highest BCUT2D eigenvalue weighted by atomic mass is 31.2. The van der Waals surface area contributed by atoms with E-state index in [1.807, 2.05) is 33.3 Å². The van der Waals surface area contributed by atoms with E-state index in [0.717, 1.165) is 89.9 Å². The third-order valence-corrected chi connectivity index (χ3v) is 12.9. The van der Waals surface area contributed by atoms with Crippen LogP contribution in [0.3, 0.4) is 0 Å². The van der Waals surface area contributed by atoms with Gasteiger partial charge in [0.05, 0.1) is 33.8 Å². The molecule has 3 atom stereocenters. The molecule has 0 aliphatic rings. The van der Waals surface area contributed by atoms with Crippen molar-refractivity contribution in [3.63, 3.8) is 0 Å². The van der Waals surface area contributed by atoms with E-state index < -0.39 is 20.0 Å². The Balaban J connectivity index is 5.49. The first-order valence-corrected chi connectivity index (χ1v) is 29.3. The van der Waals surface area contributed by atoms with E-state index in [1.54, 1.807) is 0 Å². The lowest BCUT2D eigenvalue weighted by Crippen LogP contribution is -2.47. The number of nitrogens with zero attached hydrogens (tertiary/aromatic N) is 1. The van der Waals surface area contributed by atoms with E-state index >= 15 is 0 Å². The van der Waals surface area contributed by atoms with Crippen LogP contribution in [0.1, 0.15) is 233 Å². The summed E-state index contributed by atoms with van der Waals surface area (Å²) in [7, 11) is 1.46. The standard InChI is InChI=1S/C58H105N2O7P/c1-7-10-13-16-19-22-25-28-29-30-33-35-38-41-44-47-50-57(61)59-55(54-66-68(63,64)65-53-52-60(4,5)6)56(49-46-43-40-37-34-31-26-23-20-17-14-11-8-2)67-58(62)51-48-45-42-39-36-32-27-24-21-18-15-12-9-3/h10,13,19,22,28-29,32-33,35-36,46,49,55-56H,7-9,11-12,14-18,20-21,23-27,30-31,34,37-45,47-48,50-54H2,1-6H3,(H-,59,61,63,64)/p+1/b13-10+,22-19+,29-28+,35-33+,36-32-,49-46+. The van der Waals surface area contributed by atoms with Gasteiger partial charge in [-0.05, 0) is 96.0 Å². The summed E-state index contributed by atoms with van der Waals surface area (Å²) in [6.45, 7) is 6.84. The van der Waals surface area contributed by atoms with Gasteiger partial charge in [0.25, 0.3) is 0 Å². The summed E-state index contributed by atoms with van der Waals surface area (Å²) in [5.74, 6) is -0.563. The van der Waals surface area contributed by atoms with E-state index in [2.05, 4.69) is 86.8 Å². The minimum absolute atomic E-state index is 0.0292. The molecule has 0 aromatic heterocycles. The fourth-order valence-corrected chi connectivity index (χ4v) is 8.31. The first kappa shape index (κ1) is 65.5. The highest BCUT2D eigenvalue weighted by molar-refractivity contribution is 7.47. The molecule has 0 aliphatic carbocycles. The Hall–Kier alpha value is -2.55. The van der Waals surface area contributed by atoms with E-state index in [9.17, 15) is 19.0 Å². The van der Waals surface area contributed by atoms with Crippen molar-refractivity contribution in [3.8, 4) is 0 Å². The SMILES string of the molecule is CC/C=C/C/C=C/C/C=C/C/C=C/CCCCCC(=O)NC(COP(=O)(O)OCC[N+](C)(C)C)C(/C=C/CCCCCCCCCCCCC)OC(=O)CCCCC/C=C\CCCCCCCC. The highest BCUT2D eigenvalue weighted by Crippen LogP contribution is 2.43. The van der Waals surface area contributed by atoms with Crippen molar-refractivity contribution in [2.45, 2.75) is 245 Å². The molecule has 0 saturated carbocycles. The Morgan fingerprint density at radius 3 is 1.43 bits per heavy atom. The maximum atomic E-state index is 13.5. The molecule has 0 aromatic carbocycles. The van der Waals surface area contributed by atoms with Crippen molar-refractivity contribution in [1.82, 2.24) is 5.32 Å². The van der Waals surface area contributed by atoms with Gasteiger partial charge in [0.2, 0.25) is 5.91 Å². The van der Waals surface area contributed by atoms with Crippen LogP contribution in [-0.4, -0.2) is 74.3 Å². The van der Waals surface area contributed by atoms with Crippen LogP contribution in [0.15, 0.2) is 72.9 Å². The zero-order valence-electron chi connectivity index (χ0n) is 44.8. The Bertz CT molecular complexity index is 1400. The molecule has 68 heavy (non-hydrogen) atoms. The van der Waals surface area contributed by atoms with Crippen LogP contribution in [0.4, 0.5) is 0 Å². The number of phosphoric ester groups is 1. The number of quaternary nitrogens is 1. The van der Waals surface area contributed by atoms with Crippen molar-refractivity contribution in [2.24, 2.45) is 0 Å². The number of likely N-dealkylation sites (N-methyl/N-ethyl adjacent to an activating group) is 1. The maximum Gasteiger partial charge on any atom is 0.472 e. The molecule has 0 fully saturated rings. The van der Waals surface area contributed by atoms with Crippen LogP contribution in [0.2, 0.25) is 0 Å². The molecule has 0 heterocycles. The summed E-state index contributed by atoms with van der Waals surface area (Å²) in [6.07, 6.45) is 60.4. The van der Waals surface area contributed by atoms with Gasteiger partial charge in [-0.2, -0.15) is 0 Å². The molecular formula is C58H106N2O7P+. The largest absolute Gasteiger partial charge is 0.472 e. The number of hydrogen-bond acceptors (Lipinski definition) is 6. The Morgan fingerprint density at radius 2 is 0.941 bits per heavy atom. The number of amides is 1. The van der Waals surface area contributed by atoms with Gasteiger partial charge >= 0.3 is 13.8 Å². The highest BCUT2D eigenvalue weighted by Gasteiger charge is 2.30. The van der Waals surface area contributed by atoms with Crippen LogP contribution in [0, 0.1) is 0 Å². The first-order valence-electron chi connectivity index (χ1n) is 27.8. The van der Waals surface area contributed by atoms with Gasteiger partial charge in [-0.25, -0.2) is 4.57 Å². The Kier molecular flexibility index (Phi) is 46.3. The average Bonchev–Trinajstić information content (AvgIpc) is 3.29. The van der Waals surface area contributed by atoms with Crippen molar-refractivity contribution in [1.29, 1.82) is 0 Å². The number of nitrogens with one attached hydrogen (secondary N) is 1. The van der Waals surface area contributed by atoms with Gasteiger partial charge in [-0.1, -0.05) is 197 Å². The van der Waals surface area contributed by atoms with Crippen molar-refractivity contribution >= 4 is 19.7 Å². The monoisotopic (exact) mass is 974 g/mol. The molecule has 10 heteroatoms. The number of allylic oxidation sites excluding steroid dienone is 11. The molecule has 1 amide bonds. The van der Waals surface area contributed by atoms with E-state index in [-0.39, 0.29) is 37.9 Å². The lowest BCUT2D eigenvalue weighted by molar-refractivity contribution is -0.870. The second-order valence-electron chi connectivity index (χ2n) is 19.7. The summed E-state index contributed by atoms with van der Waals surface area (Å²) in [5.41, 5.74) is 0. The second kappa shape index (κ2) is 48.1. The van der Waals surface area contributed by atoms with Gasteiger partial charge in [0, 0.05) is 12.8 Å². The smallest absolute Gasteiger partial charge is 0.456 e. The normalized spacial score (nSPS) is 14.4. The van der Waals surface area contributed by atoms with Crippen LogP contribution in [-0.2, 0) is 27.9 Å². The summed E-state index contributed by atoms with van der Waals surface area (Å²) in [4.78, 5) is 37.5. The van der Waals surface area contributed by atoms with Crippen LogP contribution >= 0.6 is 7.82 Å². The lowest BCUT2D eigenvalue weighted by Gasteiger charge is -2.27.